The largest absolute Gasteiger partial charge is 0.491 e. The van der Waals surface area contributed by atoms with Crippen molar-refractivity contribution in [2.75, 3.05) is 20.3 Å². The van der Waals surface area contributed by atoms with Crippen LogP contribution >= 0.6 is 0 Å². The third-order valence-corrected chi connectivity index (χ3v) is 6.18. The number of ether oxygens (including phenoxy) is 3. The molecule has 0 saturated heterocycles. The Kier molecular flexibility index (Phi) is 7.86. The second-order valence-electron chi connectivity index (χ2n) is 8.20. The molecular weight excluding hydrogens is 391 g/mol. The standard InChI is InChI=1S/C23H31FO6/c1-28-22(26)3-2-12-29-21-13-17-5-4-16(23(17,27)14-21)6-9-19(25)15-30-20-10-7-18(24)8-11-20/h6-11,16-17,19,21,25,27H,2-5,12-15H2,1H3/t16-,17-,19?,21?,23-/m1/s1. The van der Waals surface area contributed by atoms with E-state index in [0.29, 0.717) is 31.6 Å². The average molecular weight is 422 g/mol. The molecule has 0 amide bonds. The van der Waals surface area contributed by atoms with E-state index in [1.54, 1.807) is 6.08 Å². The topological polar surface area (TPSA) is 85.2 Å². The van der Waals surface area contributed by atoms with Crippen molar-refractivity contribution in [3.8, 4) is 5.75 Å². The van der Waals surface area contributed by atoms with Gasteiger partial charge in [-0.2, -0.15) is 0 Å². The van der Waals surface area contributed by atoms with E-state index in [-0.39, 0.29) is 36.3 Å². The first-order chi connectivity index (χ1) is 14.4. The minimum absolute atomic E-state index is 0.0134. The molecular formula is C23H31FO6. The van der Waals surface area contributed by atoms with Gasteiger partial charge in [-0.3, -0.25) is 4.79 Å². The van der Waals surface area contributed by atoms with Gasteiger partial charge in [-0.15, -0.1) is 0 Å². The predicted octanol–water partition coefficient (Wildman–Crippen LogP) is 3.01. The van der Waals surface area contributed by atoms with Gasteiger partial charge < -0.3 is 24.4 Å². The molecule has 0 bridgehead atoms. The van der Waals surface area contributed by atoms with Gasteiger partial charge in [0.25, 0.3) is 0 Å². The van der Waals surface area contributed by atoms with Crippen LogP contribution in [0.15, 0.2) is 36.4 Å². The van der Waals surface area contributed by atoms with Crippen molar-refractivity contribution in [3.05, 3.63) is 42.2 Å². The second kappa shape index (κ2) is 10.4. The fraction of sp³-hybridized carbons (Fsp3) is 0.609. The summed E-state index contributed by atoms with van der Waals surface area (Å²) in [5, 5.41) is 21.4. The molecule has 1 aromatic rings. The van der Waals surface area contributed by atoms with E-state index >= 15 is 0 Å². The molecule has 0 heterocycles. The van der Waals surface area contributed by atoms with Gasteiger partial charge in [-0.1, -0.05) is 12.2 Å². The molecule has 0 aromatic heterocycles. The van der Waals surface area contributed by atoms with Crippen molar-refractivity contribution >= 4 is 5.97 Å². The molecule has 7 heteroatoms. The van der Waals surface area contributed by atoms with E-state index < -0.39 is 11.7 Å². The number of carbonyl (C=O) groups excluding carboxylic acids is 1. The molecule has 0 spiro atoms. The number of aliphatic hydroxyl groups excluding tert-OH is 1. The van der Waals surface area contributed by atoms with Gasteiger partial charge in [0, 0.05) is 25.4 Å². The van der Waals surface area contributed by atoms with Crippen LogP contribution in [0, 0.1) is 17.7 Å². The third-order valence-electron chi connectivity index (χ3n) is 6.18. The molecule has 3 rings (SSSR count). The van der Waals surface area contributed by atoms with E-state index in [0.717, 1.165) is 19.3 Å². The van der Waals surface area contributed by atoms with Crippen LogP contribution in [-0.4, -0.2) is 54.3 Å². The molecule has 2 unspecified atom stereocenters. The highest BCUT2D eigenvalue weighted by atomic mass is 19.1. The number of carbonyl (C=O) groups is 1. The number of fused-ring (bicyclic) bond motifs is 1. The first kappa shape index (κ1) is 22.7. The zero-order chi connectivity index (χ0) is 21.6. The molecule has 0 radical (unpaired) electrons. The van der Waals surface area contributed by atoms with Crippen molar-refractivity contribution in [1.29, 1.82) is 0 Å². The molecule has 2 saturated carbocycles. The van der Waals surface area contributed by atoms with E-state index in [1.807, 2.05) is 6.08 Å². The van der Waals surface area contributed by atoms with Crippen molar-refractivity contribution in [2.45, 2.75) is 56.3 Å². The first-order valence-corrected chi connectivity index (χ1v) is 10.6. The molecule has 2 N–H and O–H groups in total. The van der Waals surface area contributed by atoms with Crippen LogP contribution < -0.4 is 4.74 Å². The van der Waals surface area contributed by atoms with Crippen LogP contribution in [0.5, 0.6) is 5.75 Å². The van der Waals surface area contributed by atoms with Crippen molar-refractivity contribution in [1.82, 2.24) is 0 Å². The number of aliphatic hydroxyl groups is 2. The number of hydrogen-bond acceptors (Lipinski definition) is 6. The van der Waals surface area contributed by atoms with Crippen LogP contribution in [0.2, 0.25) is 0 Å². The number of rotatable bonds is 10. The molecule has 30 heavy (non-hydrogen) atoms. The van der Waals surface area contributed by atoms with Crippen LogP contribution in [-0.2, 0) is 14.3 Å². The Hall–Kier alpha value is -1.96. The fourth-order valence-electron chi connectivity index (χ4n) is 4.58. The highest BCUT2D eigenvalue weighted by Gasteiger charge is 2.54. The molecule has 0 aliphatic heterocycles. The maximum Gasteiger partial charge on any atom is 0.305 e. The lowest BCUT2D eigenvalue weighted by atomic mass is 9.86. The minimum Gasteiger partial charge on any atom is -0.491 e. The quantitative estimate of drug-likeness (QED) is 0.343. The summed E-state index contributed by atoms with van der Waals surface area (Å²) in [5.41, 5.74) is -0.818. The van der Waals surface area contributed by atoms with E-state index in [9.17, 15) is 19.4 Å². The highest BCUT2D eigenvalue weighted by molar-refractivity contribution is 5.68. The SMILES string of the molecule is COC(=O)CCCOC1C[C@H]2CC[C@H](C=CC(O)COc3ccc(F)cc3)[C@]2(O)C1. The van der Waals surface area contributed by atoms with Gasteiger partial charge in [-0.25, -0.2) is 4.39 Å². The molecule has 5 atom stereocenters. The van der Waals surface area contributed by atoms with Crippen LogP contribution in [0.4, 0.5) is 4.39 Å². The maximum absolute atomic E-state index is 12.9. The van der Waals surface area contributed by atoms with E-state index in [4.69, 9.17) is 9.47 Å². The summed E-state index contributed by atoms with van der Waals surface area (Å²) in [4.78, 5) is 11.2. The van der Waals surface area contributed by atoms with E-state index in [1.165, 1.54) is 31.4 Å². The van der Waals surface area contributed by atoms with Crippen molar-refractivity contribution in [2.24, 2.45) is 11.8 Å². The summed E-state index contributed by atoms with van der Waals surface area (Å²) >= 11 is 0. The molecule has 2 fully saturated rings. The number of hydrogen-bond donors (Lipinski definition) is 2. The summed E-state index contributed by atoms with van der Waals surface area (Å²) < 4.78 is 28.9. The minimum atomic E-state index is -0.818. The van der Waals surface area contributed by atoms with Gasteiger partial charge in [0.15, 0.2) is 0 Å². The van der Waals surface area contributed by atoms with Gasteiger partial charge in [-0.05, 0) is 55.9 Å². The normalized spacial score (nSPS) is 29.1. The van der Waals surface area contributed by atoms with Crippen molar-refractivity contribution < 1.29 is 33.6 Å². The highest BCUT2D eigenvalue weighted by Crippen LogP contribution is 2.52. The Morgan fingerprint density at radius 3 is 2.83 bits per heavy atom. The number of benzene rings is 1. The molecule has 6 nitrogen and oxygen atoms in total. The molecule has 2 aliphatic rings. The van der Waals surface area contributed by atoms with Gasteiger partial charge in [0.1, 0.15) is 24.3 Å². The Labute approximate surface area is 176 Å². The van der Waals surface area contributed by atoms with Crippen LogP contribution in [0.1, 0.15) is 38.5 Å². The number of halogens is 1. The molecule has 166 valence electrons. The predicted molar refractivity (Wildman–Crippen MR) is 108 cm³/mol. The fourth-order valence-corrected chi connectivity index (χ4v) is 4.58. The van der Waals surface area contributed by atoms with Crippen molar-refractivity contribution in [3.63, 3.8) is 0 Å². The smallest absolute Gasteiger partial charge is 0.305 e. The first-order valence-electron chi connectivity index (χ1n) is 10.6. The maximum atomic E-state index is 12.9. The second-order valence-corrected chi connectivity index (χ2v) is 8.20. The summed E-state index contributed by atoms with van der Waals surface area (Å²) in [5.74, 6) is 0.0604. The molecule has 2 aliphatic carbocycles. The average Bonchev–Trinajstić information content (AvgIpc) is 3.21. The summed E-state index contributed by atoms with van der Waals surface area (Å²) in [7, 11) is 1.37. The zero-order valence-corrected chi connectivity index (χ0v) is 17.3. The summed E-state index contributed by atoms with van der Waals surface area (Å²) in [6.07, 6.45) is 6.84. The number of methoxy groups -OCH3 is 1. The van der Waals surface area contributed by atoms with Crippen LogP contribution in [0.3, 0.4) is 0 Å². The van der Waals surface area contributed by atoms with Gasteiger partial charge in [0.05, 0.1) is 18.8 Å². The van der Waals surface area contributed by atoms with E-state index in [2.05, 4.69) is 4.74 Å². The summed E-state index contributed by atoms with van der Waals surface area (Å²) in [6.45, 7) is 0.533. The lowest BCUT2D eigenvalue weighted by Crippen LogP contribution is -2.35. The Bertz CT molecular complexity index is 721. The Balaban J connectivity index is 1.44. The Morgan fingerprint density at radius 1 is 1.33 bits per heavy atom. The number of esters is 1. The monoisotopic (exact) mass is 422 g/mol. The zero-order valence-electron chi connectivity index (χ0n) is 17.3. The van der Waals surface area contributed by atoms with Gasteiger partial charge >= 0.3 is 5.97 Å². The lowest BCUT2D eigenvalue weighted by Gasteiger charge is -2.28. The van der Waals surface area contributed by atoms with Crippen LogP contribution in [0.25, 0.3) is 0 Å². The lowest BCUT2D eigenvalue weighted by molar-refractivity contribution is -0.141. The molecule has 1 aromatic carbocycles. The Morgan fingerprint density at radius 2 is 2.10 bits per heavy atom. The summed E-state index contributed by atoms with van der Waals surface area (Å²) in [6, 6.07) is 5.64. The van der Waals surface area contributed by atoms with Gasteiger partial charge in [0.2, 0.25) is 0 Å². The third kappa shape index (κ3) is 5.80.